The van der Waals surface area contributed by atoms with Crippen LogP contribution in [-0.2, 0) is 6.42 Å². The van der Waals surface area contributed by atoms with Crippen LogP contribution in [0.1, 0.15) is 17.5 Å². The number of rotatable bonds is 5. The molecule has 0 aliphatic carbocycles. The molecule has 0 aliphatic rings. The SMILES string of the molecule is Cc1ccc(Oc2ccccc2CCCN)cc1. The van der Waals surface area contributed by atoms with Crippen LogP contribution >= 0.6 is 0 Å². The van der Waals surface area contributed by atoms with E-state index in [2.05, 4.69) is 25.1 Å². The number of hydrogen-bond acceptors (Lipinski definition) is 2. The van der Waals surface area contributed by atoms with Crippen molar-refractivity contribution in [1.82, 2.24) is 0 Å². The molecule has 0 unspecified atom stereocenters. The second-order valence-electron chi connectivity index (χ2n) is 4.42. The van der Waals surface area contributed by atoms with Crippen molar-refractivity contribution in [2.75, 3.05) is 6.54 Å². The summed E-state index contributed by atoms with van der Waals surface area (Å²) < 4.78 is 5.92. The summed E-state index contributed by atoms with van der Waals surface area (Å²) in [5.74, 6) is 1.80. The van der Waals surface area contributed by atoms with Crippen LogP contribution < -0.4 is 10.5 Å². The minimum Gasteiger partial charge on any atom is -0.457 e. The fourth-order valence-electron chi connectivity index (χ4n) is 1.84. The van der Waals surface area contributed by atoms with E-state index >= 15 is 0 Å². The van der Waals surface area contributed by atoms with Gasteiger partial charge in [-0.2, -0.15) is 0 Å². The van der Waals surface area contributed by atoms with Crippen LogP contribution in [0, 0.1) is 6.92 Å². The van der Waals surface area contributed by atoms with Crippen molar-refractivity contribution in [2.24, 2.45) is 5.73 Å². The van der Waals surface area contributed by atoms with Crippen molar-refractivity contribution in [1.29, 1.82) is 0 Å². The van der Waals surface area contributed by atoms with Gasteiger partial charge in [-0.25, -0.2) is 0 Å². The van der Waals surface area contributed by atoms with E-state index in [-0.39, 0.29) is 0 Å². The highest BCUT2D eigenvalue weighted by Gasteiger charge is 2.03. The second kappa shape index (κ2) is 6.22. The van der Waals surface area contributed by atoms with Crippen LogP contribution in [0.2, 0.25) is 0 Å². The minimum atomic E-state index is 0.707. The van der Waals surface area contributed by atoms with Crippen molar-refractivity contribution in [3.05, 3.63) is 59.7 Å². The van der Waals surface area contributed by atoms with Gasteiger partial charge in [-0.1, -0.05) is 35.9 Å². The first-order valence-electron chi connectivity index (χ1n) is 6.32. The molecule has 0 fully saturated rings. The Morgan fingerprint density at radius 1 is 1.00 bits per heavy atom. The molecule has 0 saturated carbocycles. The van der Waals surface area contributed by atoms with E-state index in [0.29, 0.717) is 6.54 Å². The quantitative estimate of drug-likeness (QED) is 0.866. The van der Waals surface area contributed by atoms with E-state index in [1.807, 2.05) is 30.3 Å². The molecule has 0 spiro atoms. The van der Waals surface area contributed by atoms with E-state index in [0.717, 1.165) is 24.3 Å². The third-order valence-electron chi connectivity index (χ3n) is 2.87. The summed E-state index contributed by atoms with van der Waals surface area (Å²) >= 11 is 0. The number of ether oxygens (including phenoxy) is 1. The monoisotopic (exact) mass is 241 g/mol. The third kappa shape index (κ3) is 3.34. The van der Waals surface area contributed by atoms with Gasteiger partial charge in [0.15, 0.2) is 0 Å². The molecule has 0 heterocycles. The molecule has 0 saturated heterocycles. The van der Waals surface area contributed by atoms with Gasteiger partial charge in [-0.3, -0.25) is 0 Å². The Labute approximate surface area is 108 Å². The van der Waals surface area contributed by atoms with Gasteiger partial charge in [0, 0.05) is 0 Å². The van der Waals surface area contributed by atoms with E-state index in [1.165, 1.54) is 11.1 Å². The van der Waals surface area contributed by atoms with Crippen LogP contribution in [0.3, 0.4) is 0 Å². The third-order valence-corrected chi connectivity index (χ3v) is 2.87. The topological polar surface area (TPSA) is 35.2 Å². The molecule has 94 valence electrons. The molecule has 0 aromatic heterocycles. The summed E-state index contributed by atoms with van der Waals surface area (Å²) in [6.07, 6.45) is 1.94. The Morgan fingerprint density at radius 3 is 2.44 bits per heavy atom. The van der Waals surface area contributed by atoms with Crippen molar-refractivity contribution < 1.29 is 4.74 Å². The predicted octanol–water partition coefficient (Wildman–Crippen LogP) is 3.68. The molecule has 0 atom stereocenters. The van der Waals surface area contributed by atoms with Crippen molar-refractivity contribution in [3.63, 3.8) is 0 Å². The highest BCUT2D eigenvalue weighted by molar-refractivity contribution is 5.38. The van der Waals surface area contributed by atoms with Crippen LogP contribution in [-0.4, -0.2) is 6.54 Å². The van der Waals surface area contributed by atoms with Gasteiger partial charge < -0.3 is 10.5 Å². The molecule has 2 rings (SSSR count). The first-order chi connectivity index (χ1) is 8.79. The molecule has 18 heavy (non-hydrogen) atoms. The molecule has 2 aromatic rings. The summed E-state index contributed by atoms with van der Waals surface area (Å²) in [6.45, 7) is 2.78. The normalized spacial score (nSPS) is 10.3. The van der Waals surface area contributed by atoms with E-state index in [1.54, 1.807) is 0 Å². The molecule has 0 radical (unpaired) electrons. The highest BCUT2D eigenvalue weighted by Crippen LogP contribution is 2.26. The molecule has 2 aromatic carbocycles. The first kappa shape index (κ1) is 12.7. The van der Waals surface area contributed by atoms with Crippen LogP contribution in [0.5, 0.6) is 11.5 Å². The Kier molecular flexibility index (Phi) is 4.37. The van der Waals surface area contributed by atoms with Gasteiger partial charge >= 0.3 is 0 Å². The van der Waals surface area contributed by atoms with Crippen molar-refractivity contribution >= 4 is 0 Å². The van der Waals surface area contributed by atoms with Gasteiger partial charge in [0.2, 0.25) is 0 Å². The number of hydrogen-bond donors (Lipinski definition) is 1. The van der Waals surface area contributed by atoms with Gasteiger partial charge in [0.25, 0.3) is 0 Å². The molecule has 2 nitrogen and oxygen atoms in total. The van der Waals surface area contributed by atoms with Crippen molar-refractivity contribution in [2.45, 2.75) is 19.8 Å². The maximum atomic E-state index is 5.92. The van der Waals surface area contributed by atoms with E-state index in [4.69, 9.17) is 10.5 Å². The zero-order chi connectivity index (χ0) is 12.8. The molecular weight excluding hydrogens is 222 g/mol. The fraction of sp³-hybridized carbons (Fsp3) is 0.250. The molecule has 0 bridgehead atoms. The van der Waals surface area contributed by atoms with Gasteiger partial charge in [0.1, 0.15) is 11.5 Å². The maximum absolute atomic E-state index is 5.92. The van der Waals surface area contributed by atoms with Crippen molar-refractivity contribution in [3.8, 4) is 11.5 Å². The zero-order valence-electron chi connectivity index (χ0n) is 10.7. The molecular formula is C16H19NO. The average molecular weight is 241 g/mol. The van der Waals surface area contributed by atoms with Crippen LogP contribution in [0.4, 0.5) is 0 Å². The lowest BCUT2D eigenvalue weighted by Crippen LogP contribution is -2.01. The Bertz CT molecular complexity index is 491. The minimum absolute atomic E-state index is 0.707. The summed E-state index contributed by atoms with van der Waals surface area (Å²) in [5, 5.41) is 0. The Hall–Kier alpha value is -1.80. The predicted molar refractivity (Wildman–Crippen MR) is 75.1 cm³/mol. The lowest BCUT2D eigenvalue weighted by molar-refractivity contribution is 0.475. The fourth-order valence-corrected chi connectivity index (χ4v) is 1.84. The Morgan fingerprint density at radius 2 is 1.72 bits per heavy atom. The standard InChI is InChI=1S/C16H19NO/c1-13-8-10-15(11-9-13)18-16-7-3-2-5-14(16)6-4-12-17/h2-3,5,7-11H,4,6,12,17H2,1H3. The molecule has 0 aliphatic heterocycles. The maximum Gasteiger partial charge on any atom is 0.130 e. The number of benzene rings is 2. The van der Waals surface area contributed by atoms with Crippen LogP contribution in [0.25, 0.3) is 0 Å². The summed E-state index contributed by atoms with van der Waals surface area (Å²) in [4.78, 5) is 0. The lowest BCUT2D eigenvalue weighted by atomic mass is 10.1. The van der Waals surface area contributed by atoms with Gasteiger partial charge in [-0.15, -0.1) is 0 Å². The van der Waals surface area contributed by atoms with Gasteiger partial charge in [-0.05, 0) is 50.1 Å². The molecule has 2 N–H and O–H groups in total. The van der Waals surface area contributed by atoms with Crippen LogP contribution in [0.15, 0.2) is 48.5 Å². The summed E-state index contributed by atoms with van der Waals surface area (Å²) in [5.41, 5.74) is 8.00. The molecule has 2 heteroatoms. The van der Waals surface area contributed by atoms with E-state index < -0.39 is 0 Å². The first-order valence-corrected chi connectivity index (χ1v) is 6.32. The Balaban J connectivity index is 2.15. The highest BCUT2D eigenvalue weighted by atomic mass is 16.5. The summed E-state index contributed by atoms with van der Waals surface area (Å²) in [6, 6.07) is 16.2. The zero-order valence-corrected chi connectivity index (χ0v) is 10.7. The second-order valence-corrected chi connectivity index (χ2v) is 4.42. The summed E-state index contributed by atoms with van der Waals surface area (Å²) in [7, 11) is 0. The number of nitrogens with two attached hydrogens (primary N) is 1. The largest absolute Gasteiger partial charge is 0.457 e. The smallest absolute Gasteiger partial charge is 0.130 e. The lowest BCUT2D eigenvalue weighted by Gasteiger charge is -2.11. The van der Waals surface area contributed by atoms with Gasteiger partial charge in [0.05, 0.1) is 0 Å². The number of aryl methyl sites for hydroxylation is 2. The molecule has 0 amide bonds. The number of para-hydroxylation sites is 1. The van der Waals surface area contributed by atoms with E-state index in [9.17, 15) is 0 Å². The average Bonchev–Trinajstić information content (AvgIpc) is 2.40.